The Morgan fingerprint density at radius 2 is 2.11 bits per heavy atom. The number of carbonyl (C=O) groups is 2. The van der Waals surface area contributed by atoms with Gasteiger partial charge in [-0.1, -0.05) is 36.4 Å². The Balaban J connectivity index is 1.96. The molecule has 0 bridgehead atoms. The minimum Gasteiger partial charge on any atom is -0.459 e. The molecule has 0 aliphatic carbocycles. The summed E-state index contributed by atoms with van der Waals surface area (Å²) < 4.78 is 5.16. The maximum atomic E-state index is 12.1. The predicted molar refractivity (Wildman–Crippen MR) is 106 cm³/mol. The van der Waals surface area contributed by atoms with E-state index in [9.17, 15) is 14.4 Å². The van der Waals surface area contributed by atoms with Crippen molar-refractivity contribution in [1.29, 1.82) is 0 Å². The van der Waals surface area contributed by atoms with Gasteiger partial charge in [0.15, 0.2) is 10.3 Å². The largest absolute Gasteiger partial charge is 0.459 e. The standard InChI is InChI=1S/C17H22N4O4S2/c1-5-6-11-7-12(22)20-16(19-11)26-8-13(23)21-17-18-10(4)14(27-17)15(24)25-9(2)3/h7,9H,5-6,8H2,1-4H3,(H,18,21,23)(H,19,20,22). The summed E-state index contributed by atoms with van der Waals surface area (Å²) in [5.41, 5.74) is 0.972. The fraction of sp³-hybridized carbons (Fsp3) is 0.471. The van der Waals surface area contributed by atoms with Crippen LogP contribution in [0.4, 0.5) is 5.13 Å². The Morgan fingerprint density at radius 3 is 2.78 bits per heavy atom. The van der Waals surface area contributed by atoms with E-state index in [1.54, 1.807) is 20.8 Å². The number of H-pyrrole nitrogens is 1. The molecule has 2 aromatic rings. The van der Waals surface area contributed by atoms with Crippen LogP contribution >= 0.6 is 23.1 Å². The van der Waals surface area contributed by atoms with E-state index in [1.165, 1.54) is 6.07 Å². The molecule has 0 aromatic carbocycles. The molecular weight excluding hydrogens is 388 g/mol. The Bertz CT molecular complexity index is 876. The van der Waals surface area contributed by atoms with Gasteiger partial charge in [0.1, 0.15) is 4.88 Å². The number of aromatic nitrogens is 3. The van der Waals surface area contributed by atoms with Gasteiger partial charge in [0.25, 0.3) is 5.56 Å². The van der Waals surface area contributed by atoms with Gasteiger partial charge < -0.3 is 15.0 Å². The van der Waals surface area contributed by atoms with Crippen LogP contribution in [0.5, 0.6) is 0 Å². The van der Waals surface area contributed by atoms with Gasteiger partial charge in [-0.15, -0.1) is 0 Å². The lowest BCUT2D eigenvalue weighted by atomic mass is 10.2. The smallest absolute Gasteiger partial charge is 0.350 e. The number of nitrogens with zero attached hydrogens (tertiary/aromatic N) is 2. The van der Waals surface area contributed by atoms with E-state index < -0.39 is 5.97 Å². The number of anilines is 1. The van der Waals surface area contributed by atoms with Crippen LogP contribution in [-0.2, 0) is 16.0 Å². The minimum absolute atomic E-state index is 0.0585. The topological polar surface area (TPSA) is 114 Å². The van der Waals surface area contributed by atoms with Gasteiger partial charge in [-0.2, -0.15) is 0 Å². The number of nitrogens with one attached hydrogen (secondary N) is 2. The minimum atomic E-state index is -0.454. The normalized spacial score (nSPS) is 10.9. The van der Waals surface area contributed by atoms with Gasteiger partial charge >= 0.3 is 5.97 Å². The van der Waals surface area contributed by atoms with Crippen LogP contribution in [0.2, 0.25) is 0 Å². The number of esters is 1. The van der Waals surface area contributed by atoms with Crippen molar-refractivity contribution in [2.45, 2.75) is 51.8 Å². The van der Waals surface area contributed by atoms with E-state index in [4.69, 9.17) is 4.74 Å². The van der Waals surface area contributed by atoms with E-state index in [2.05, 4.69) is 20.3 Å². The lowest BCUT2D eigenvalue weighted by Gasteiger charge is -2.05. The van der Waals surface area contributed by atoms with Gasteiger partial charge in [0.05, 0.1) is 17.6 Å². The highest BCUT2D eigenvalue weighted by Crippen LogP contribution is 2.24. The van der Waals surface area contributed by atoms with Crippen LogP contribution in [0.15, 0.2) is 16.0 Å². The van der Waals surface area contributed by atoms with Crippen LogP contribution in [0.3, 0.4) is 0 Å². The molecule has 0 spiro atoms. The molecule has 8 nitrogen and oxygen atoms in total. The Kier molecular flexibility index (Phi) is 7.55. The highest BCUT2D eigenvalue weighted by molar-refractivity contribution is 7.99. The predicted octanol–water partition coefficient (Wildman–Crippen LogP) is 2.78. The molecule has 0 fully saturated rings. The second kappa shape index (κ2) is 9.65. The number of thiazole rings is 1. The average Bonchev–Trinajstić information content (AvgIpc) is 2.92. The van der Waals surface area contributed by atoms with Crippen LogP contribution in [0.1, 0.15) is 48.3 Å². The monoisotopic (exact) mass is 410 g/mol. The first kappa shape index (κ1) is 21.1. The maximum Gasteiger partial charge on any atom is 0.350 e. The van der Waals surface area contributed by atoms with Gasteiger partial charge in [-0.3, -0.25) is 9.59 Å². The summed E-state index contributed by atoms with van der Waals surface area (Å²) >= 11 is 2.20. The molecule has 2 aromatic heterocycles. The van der Waals surface area contributed by atoms with Crippen molar-refractivity contribution in [3.05, 3.63) is 32.7 Å². The molecule has 0 aliphatic rings. The molecule has 146 valence electrons. The zero-order valence-electron chi connectivity index (χ0n) is 15.6. The fourth-order valence-electron chi connectivity index (χ4n) is 2.13. The number of ether oxygens (including phenoxy) is 1. The van der Waals surface area contributed by atoms with E-state index in [-0.39, 0.29) is 23.3 Å². The molecule has 0 unspecified atom stereocenters. The van der Waals surface area contributed by atoms with Crippen LogP contribution in [0, 0.1) is 6.92 Å². The first-order chi connectivity index (χ1) is 12.8. The maximum absolute atomic E-state index is 12.1. The first-order valence-corrected chi connectivity index (χ1v) is 10.3. The summed E-state index contributed by atoms with van der Waals surface area (Å²) in [6, 6.07) is 1.46. The van der Waals surface area contributed by atoms with E-state index >= 15 is 0 Å². The third-order valence-corrected chi connectivity index (χ3v) is 5.12. The van der Waals surface area contributed by atoms with Crippen molar-refractivity contribution in [3.8, 4) is 0 Å². The average molecular weight is 411 g/mol. The highest BCUT2D eigenvalue weighted by atomic mass is 32.2. The number of amides is 1. The second-order valence-corrected chi connectivity index (χ2v) is 7.98. The summed E-state index contributed by atoms with van der Waals surface area (Å²) in [6.07, 6.45) is 1.36. The molecule has 0 saturated carbocycles. The SMILES string of the molecule is CCCc1cc(=O)[nH]c(SCC(=O)Nc2nc(C)c(C(=O)OC(C)C)s2)n1. The number of aryl methyl sites for hydroxylation is 2. The molecule has 0 radical (unpaired) electrons. The molecule has 0 aliphatic heterocycles. The van der Waals surface area contributed by atoms with E-state index in [1.807, 2.05) is 6.92 Å². The van der Waals surface area contributed by atoms with Crippen molar-refractivity contribution in [2.75, 3.05) is 11.1 Å². The lowest BCUT2D eigenvalue weighted by Crippen LogP contribution is -2.15. The van der Waals surface area contributed by atoms with Crippen LogP contribution in [-0.4, -0.2) is 38.7 Å². The van der Waals surface area contributed by atoms with E-state index in [0.29, 0.717) is 33.0 Å². The number of rotatable bonds is 8. The number of thioether (sulfide) groups is 1. The zero-order valence-corrected chi connectivity index (χ0v) is 17.3. The van der Waals surface area contributed by atoms with Gasteiger partial charge in [-0.05, 0) is 27.2 Å². The van der Waals surface area contributed by atoms with Crippen LogP contribution < -0.4 is 10.9 Å². The van der Waals surface area contributed by atoms with Gasteiger partial charge in [-0.25, -0.2) is 14.8 Å². The molecule has 10 heteroatoms. The van der Waals surface area contributed by atoms with Crippen molar-refractivity contribution in [3.63, 3.8) is 0 Å². The van der Waals surface area contributed by atoms with Crippen molar-refractivity contribution >= 4 is 40.1 Å². The van der Waals surface area contributed by atoms with Crippen LogP contribution in [0.25, 0.3) is 0 Å². The third-order valence-electron chi connectivity index (χ3n) is 3.19. The summed E-state index contributed by atoms with van der Waals surface area (Å²) in [6.45, 7) is 7.22. The highest BCUT2D eigenvalue weighted by Gasteiger charge is 2.19. The summed E-state index contributed by atoms with van der Waals surface area (Å²) in [7, 11) is 0. The molecule has 2 N–H and O–H groups in total. The summed E-state index contributed by atoms with van der Waals surface area (Å²) in [4.78, 5) is 47.3. The third kappa shape index (κ3) is 6.47. The Morgan fingerprint density at radius 1 is 1.37 bits per heavy atom. The molecular formula is C17H22N4O4S2. The van der Waals surface area contributed by atoms with E-state index in [0.717, 1.165) is 29.5 Å². The molecule has 1 amide bonds. The summed E-state index contributed by atoms with van der Waals surface area (Å²) in [5, 5.41) is 3.39. The summed E-state index contributed by atoms with van der Waals surface area (Å²) in [5.74, 6) is -0.700. The molecule has 2 rings (SSSR count). The molecule has 0 saturated heterocycles. The van der Waals surface area contributed by atoms with Crippen molar-refractivity contribution in [2.24, 2.45) is 0 Å². The number of hydrogen-bond donors (Lipinski definition) is 2. The molecule has 0 atom stereocenters. The number of carbonyl (C=O) groups excluding carboxylic acids is 2. The van der Waals surface area contributed by atoms with Gasteiger partial charge in [0.2, 0.25) is 5.91 Å². The zero-order chi connectivity index (χ0) is 20.0. The Labute approximate surface area is 165 Å². The lowest BCUT2D eigenvalue weighted by molar-refractivity contribution is -0.113. The quantitative estimate of drug-likeness (QED) is 0.391. The molecule has 27 heavy (non-hydrogen) atoms. The fourth-order valence-corrected chi connectivity index (χ4v) is 3.69. The number of aromatic amines is 1. The first-order valence-electron chi connectivity index (χ1n) is 8.49. The van der Waals surface area contributed by atoms with Crippen molar-refractivity contribution < 1.29 is 14.3 Å². The van der Waals surface area contributed by atoms with Gasteiger partial charge in [0, 0.05) is 11.8 Å². The second-order valence-electron chi connectivity index (χ2n) is 6.02. The van der Waals surface area contributed by atoms with Crippen molar-refractivity contribution in [1.82, 2.24) is 15.0 Å². The number of hydrogen-bond acceptors (Lipinski definition) is 8. The Hall–Kier alpha value is -2.20. The molecule has 2 heterocycles.